The number of halogens is 1. The summed E-state index contributed by atoms with van der Waals surface area (Å²) in [7, 11) is 0. The first kappa shape index (κ1) is 10.2. The van der Waals surface area contributed by atoms with E-state index >= 15 is 0 Å². The molecule has 3 heteroatoms. The Hall–Kier alpha value is -1.28. The molecular weight excluding hydrogens is 210 g/mol. The van der Waals surface area contributed by atoms with Crippen molar-refractivity contribution < 1.29 is 4.79 Å². The lowest BCUT2D eigenvalue weighted by Crippen LogP contribution is -2.10. The van der Waals surface area contributed by atoms with Gasteiger partial charge < -0.3 is 5.32 Å². The molecule has 0 fully saturated rings. The van der Waals surface area contributed by atoms with Crippen LogP contribution in [0.2, 0.25) is 5.02 Å². The van der Waals surface area contributed by atoms with Crippen LogP contribution in [-0.2, 0) is 11.3 Å². The summed E-state index contributed by atoms with van der Waals surface area (Å²) in [5.74, 6) is 0.216. The molecule has 1 aliphatic carbocycles. The molecule has 0 aromatic heterocycles. The summed E-state index contributed by atoms with van der Waals surface area (Å²) in [6, 6.07) is 7.69. The number of allylic oxidation sites excluding steroid dienone is 2. The van der Waals surface area contributed by atoms with E-state index in [1.54, 1.807) is 6.08 Å². The molecule has 1 aliphatic rings. The second-order valence-corrected chi connectivity index (χ2v) is 4.05. The molecule has 15 heavy (non-hydrogen) atoms. The van der Waals surface area contributed by atoms with Crippen LogP contribution in [0.25, 0.3) is 0 Å². The summed E-state index contributed by atoms with van der Waals surface area (Å²) in [5.41, 5.74) is 2.20. The van der Waals surface area contributed by atoms with E-state index in [1.165, 1.54) is 5.56 Å². The second-order valence-electron chi connectivity index (χ2n) is 3.62. The van der Waals surface area contributed by atoms with Crippen LogP contribution in [0.15, 0.2) is 36.0 Å². The Morgan fingerprint density at radius 2 is 1.93 bits per heavy atom. The Labute approximate surface area is 93.9 Å². The predicted molar refractivity (Wildman–Crippen MR) is 60.6 cm³/mol. The summed E-state index contributed by atoms with van der Waals surface area (Å²) in [6.07, 6.45) is 3.17. The summed E-state index contributed by atoms with van der Waals surface area (Å²) in [6.45, 7) is 0.746. The van der Waals surface area contributed by atoms with Gasteiger partial charge in [-0.25, -0.2) is 0 Å². The highest BCUT2D eigenvalue weighted by Gasteiger charge is 2.10. The number of rotatable bonds is 3. The third kappa shape index (κ3) is 2.83. The van der Waals surface area contributed by atoms with E-state index in [9.17, 15) is 4.79 Å². The molecule has 1 aromatic rings. The fourth-order valence-corrected chi connectivity index (χ4v) is 1.68. The van der Waals surface area contributed by atoms with Gasteiger partial charge in [0.1, 0.15) is 0 Å². The highest BCUT2D eigenvalue weighted by atomic mass is 35.5. The Balaban J connectivity index is 1.91. The van der Waals surface area contributed by atoms with Crippen molar-refractivity contribution in [3.63, 3.8) is 0 Å². The van der Waals surface area contributed by atoms with Crippen LogP contribution in [0.5, 0.6) is 0 Å². The molecule has 0 amide bonds. The van der Waals surface area contributed by atoms with Crippen LogP contribution in [0.4, 0.5) is 0 Å². The zero-order valence-electron chi connectivity index (χ0n) is 8.29. The van der Waals surface area contributed by atoms with Crippen molar-refractivity contribution in [3.8, 4) is 0 Å². The minimum atomic E-state index is 0.216. The number of benzene rings is 1. The van der Waals surface area contributed by atoms with Crippen LogP contribution < -0.4 is 5.32 Å². The van der Waals surface area contributed by atoms with Crippen LogP contribution >= 0.6 is 11.6 Å². The summed E-state index contributed by atoms with van der Waals surface area (Å²) in [4.78, 5) is 11.0. The molecule has 1 aromatic carbocycles. The Bertz CT molecular complexity index is 395. The normalized spacial score (nSPS) is 15.3. The van der Waals surface area contributed by atoms with Crippen molar-refractivity contribution in [2.24, 2.45) is 0 Å². The fraction of sp³-hybridized carbons (Fsp3) is 0.250. The zero-order valence-corrected chi connectivity index (χ0v) is 9.05. The number of nitrogens with one attached hydrogen (secondary N) is 1. The monoisotopic (exact) mass is 221 g/mol. The molecule has 0 saturated heterocycles. The van der Waals surface area contributed by atoms with Gasteiger partial charge in [0, 0.05) is 29.8 Å². The van der Waals surface area contributed by atoms with Crippen LogP contribution in [0, 0.1) is 0 Å². The molecule has 0 radical (unpaired) electrons. The van der Waals surface area contributed by atoms with E-state index in [0.717, 1.165) is 23.7 Å². The third-order valence-electron chi connectivity index (χ3n) is 2.41. The van der Waals surface area contributed by atoms with E-state index in [0.29, 0.717) is 6.42 Å². The minimum Gasteiger partial charge on any atom is -0.384 e. The van der Waals surface area contributed by atoms with Crippen molar-refractivity contribution in [1.29, 1.82) is 0 Å². The van der Waals surface area contributed by atoms with Gasteiger partial charge in [-0.3, -0.25) is 4.79 Å². The minimum absolute atomic E-state index is 0.216. The van der Waals surface area contributed by atoms with Gasteiger partial charge in [0.25, 0.3) is 0 Å². The lowest BCUT2D eigenvalue weighted by Gasteiger charge is -2.06. The van der Waals surface area contributed by atoms with E-state index in [2.05, 4.69) is 5.32 Å². The summed E-state index contributed by atoms with van der Waals surface area (Å²) >= 11 is 5.78. The van der Waals surface area contributed by atoms with E-state index < -0.39 is 0 Å². The molecule has 0 saturated carbocycles. The number of hydrogen-bond acceptors (Lipinski definition) is 2. The first-order valence-corrected chi connectivity index (χ1v) is 5.33. The SMILES string of the molecule is O=C1C=C(NCc2ccc(Cl)cc2)CC1. The highest BCUT2D eigenvalue weighted by molar-refractivity contribution is 6.30. The van der Waals surface area contributed by atoms with Crippen molar-refractivity contribution in [2.75, 3.05) is 0 Å². The molecule has 0 aliphatic heterocycles. The van der Waals surface area contributed by atoms with Gasteiger partial charge in [-0.05, 0) is 24.1 Å². The van der Waals surface area contributed by atoms with Crippen molar-refractivity contribution >= 4 is 17.4 Å². The number of carbonyl (C=O) groups is 1. The van der Waals surface area contributed by atoms with E-state index in [4.69, 9.17) is 11.6 Å². The Morgan fingerprint density at radius 1 is 1.20 bits per heavy atom. The molecule has 0 unspecified atom stereocenters. The first-order valence-electron chi connectivity index (χ1n) is 4.96. The number of ketones is 1. The zero-order chi connectivity index (χ0) is 10.7. The quantitative estimate of drug-likeness (QED) is 0.851. The number of hydrogen-bond donors (Lipinski definition) is 1. The number of carbonyl (C=O) groups excluding carboxylic acids is 1. The van der Waals surface area contributed by atoms with Crippen molar-refractivity contribution in [1.82, 2.24) is 5.32 Å². The molecule has 2 rings (SSSR count). The average Bonchev–Trinajstić information content (AvgIpc) is 2.64. The standard InChI is InChI=1S/C12H12ClNO/c13-10-3-1-9(2-4-10)8-14-11-5-6-12(15)7-11/h1-4,7,14H,5-6,8H2. The van der Waals surface area contributed by atoms with Crippen molar-refractivity contribution in [2.45, 2.75) is 19.4 Å². The molecule has 0 heterocycles. The summed E-state index contributed by atoms with van der Waals surface area (Å²) in [5, 5.41) is 3.99. The van der Waals surface area contributed by atoms with Crippen LogP contribution in [0.1, 0.15) is 18.4 Å². The smallest absolute Gasteiger partial charge is 0.157 e. The van der Waals surface area contributed by atoms with Gasteiger partial charge in [0.15, 0.2) is 5.78 Å². The Morgan fingerprint density at radius 3 is 2.53 bits per heavy atom. The van der Waals surface area contributed by atoms with Gasteiger partial charge in [0.2, 0.25) is 0 Å². The van der Waals surface area contributed by atoms with Gasteiger partial charge in [-0.15, -0.1) is 0 Å². The van der Waals surface area contributed by atoms with Crippen LogP contribution in [0.3, 0.4) is 0 Å². The molecule has 0 bridgehead atoms. The van der Waals surface area contributed by atoms with Gasteiger partial charge in [-0.1, -0.05) is 23.7 Å². The predicted octanol–water partition coefficient (Wildman–Crippen LogP) is 2.68. The van der Waals surface area contributed by atoms with E-state index in [1.807, 2.05) is 24.3 Å². The maximum atomic E-state index is 11.0. The van der Waals surface area contributed by atoms with Gasteiger partial charge >= 0.3 is 0 Å². The molecule has 0 spiro atoms. The van der Waals surface area contributed by atoms with Gasteiger partial charge in [0.05, 0.1) is 0 Å². The van der Waals surface area contributed by atoms with Gasteiger partial charge in [-0.2, -0.15) is 0 Å². The Kier molecular flexibility index (Phi) is 3.07. The maximum Gasteiger partial charge on any atom is 0.157 e. The topological polar surface area (TPSA) is 29.1 Å². The first-order chi connectivity index (χ1) is 7.24. The molecule has 78 valence electrons. The molecule has 1 N–H and O–H groups in total. The second kappa shape index (κ2) is 4.49. The molecule has 2 nitrogen and oxygen atoms in total. The molecular formula is C12H12ClNO. The maximum absolute atomic E-state index is 11.0. The highest BCUT2D eigenvalue weighted by Crippen LogP contribution is 2.13. The fourth-order valence-electron chi connectivity index (χ4n) is 1.55. The summed E-state index contributed by atoms with van der Waals surface area (Å²) < 4.78 is 0. The lowest BCUT2D eigenvalue weighted by molar-refractivity contribution is -0.114. The van der Waals surface area contributed by atoms with Crippen LogP contribution in [-0.4, -0.2) is 5.78 Å². The average molecular weight is 222 g/mol. The third-order valence-corrected chi connectivity index (χ3v) is 2.66. The van der Waals surface area contributed by atoms with Crippen molar-refractivity contribution in [3.05, 3.63) is 46.6 Å². The van der Waals surface area contributed by atoms with E-state index in [-0.39, 0.29) is 5.78 Å². The molecule has 0 atom stereocenters. The lowest BCUT2D eigenvalue weighted by atomic mass is 10.2. The largest absolute Gasteiger partial charge is 0.384 e.